The van der Waals surface area contributed by atoms with Gasteiger partial charge in [-0.25, -0.2) is 4.79 Å². The molecule has 4 rings (SSSR count). The van der Waals surface area contributed by atoms with Crippen molar-refractivity contribution in [2.45, 2.75) is 24.8 Å². The van der Waals surface area contributed by atoms with Gasteiger partial charge in [-0.2, -0.15) is 4.98 Å². The molecule has 0 radical (unpaired) electrons. The zero-order valence-electron chi connectivity index (χ0n) is 14.5. The summed E-state index contributed by atoms with van der Waals surface area (Å²) in [7, 11) is 1.78. The Morgan fingerprint density at radius 2 is 2.27 bits per heavy atom. The molecule has 0 bridgehead atoms. The molecule has 2 aromatic heterocycles. The average molecular weight is 356 g/mol. The maximum absolute atomic E-state index is 12.3. The zero-order chi connectivity index (χ0) is 18.1. The molecule has 0 aromatic carbocycles. The second-order valence-corrected chi connectivity index (χ2v) is 6.80. The number of hydrogen-bond acceptors (Lipinski definition) is 6. The highest BCUT2D eigenvalue weighted by molar-refractivity contribution is 5.81. The number of likely N-dealkylation sites (tertiary alicyclic amines) is 1. The molecule has 2 aromatic rings. The Kier molecular flexibility index (Phi) is 4.06. The van der Waals surface area contributed by atoms with Gasteiger partial charge < -0.3 is 19.6 Å². The summed E-state index contributed by atoms with van der Waals surface area (Å²) in [6, 6.07) is 3.61. The van der Waals surface area contributed by atoms with Gasteiger partial charge in [0.1, 0.15) is 0 Å². The zero-order valence-corrected chi connectivity index (χ0v) is 14.5. The number of amides is 3. The standard InChI is InChI=1S/C17H20N6O3/c1-22-16(25)19-9-17(22)10-23(11-17)14(24)6-2-5-13-20-15(21-26-13)12-4-3-7-18-8-12/h3-4,7-8H,2,5-6,9-11H2,1H3,(H,19,25). The van der Waals surface area contributed by atoms with E-state index in [1.54, 1.807) is 29.2 Å². The van der Waals surface area contributed by atoms with Gasteiger partial charge in [0, 0.05) is 57.5 Å². The fourth-order valence-electron chi connectivity index (χ4n) is 3.37. The second kappa shape index (κ2) is 6.40. The van der Waals surface area contributed by atoms with Crippen LogP contribution in [0.25, 0.3) is 11.4 Å². The van der Waals surface area contributed by atoms with Crippen LogP contribution in [0.15, 0.2) is 29.0 Å². The van der Waals surface area contributed by atoms with Crippen LogP contribution >= 0.6 is 0 Å². The van der Waals surface area contributed by atoms with Crippen molar-refractivity contribution in [1.29, 1.82) is 0 Å². The maximum Gasteiger partial charge on any atom is 0.317 e. The Bertz CT molecular complexity index is 815. The molecule has 3 amide bonds. The lowest BCUT2D eigenvalue weighted by Crippen LogP contribution is -2.70. The third kappa shape index (κ3) is 2.89. The highest BCUT2D eigenvalue weighted by atomic mass is 16.5. The summed E-state index contributed by atoms with van der Waals surface area (Å²) in [4.78, 5) is 35.7. The minimum absolute atomic E-state index is 0.0714. The molecule has 2 saturated heterocycles. The van der Waals surface area contributed by atoms with Crippen molar-refractivity contribution in [2.24, 2.45) is 0 Å². The molecule has 1 N–H and O–H groups in total. The second-order valence-electron chi connectivity index (χ2n) is 6.80. The fraction of sp³-hybridized carbons (Fsp3) is 0.471. The Labute approximate surface area is 150 Å². The number of likely N-dealkylation sites (N-methyl/N-ethyl adjacent to an activating group) is 1. The first-order valence-corrected chi connectivity index (χ1v) is 8.60. The molecular formula is C17H20N6O3. The third-order valence-electron chi connectivity index (χ3n) is 5.08. The van der Waals surface area contributed by atoms with Gasteiger partial charge in [0.05, 0.1) is 5.54 Å². The molecule has 26 heavy (non-hydrogen) atoms. The van der Waals surface area contributed by atoms with Gasteiger partial charge in [-0.1, -0.05) is 5.16 Å². The molecular weight excluding hydrogens is 336 g/mol. The smallest absolute Gasteiger partial charge is 0.317 e. The number of nitrogens with zero attached hydrogens (tertiary/aromatic N) is 5. The highest BCUT2D eigenvalue weighted by Gasteiger charge is 2.53. The van der Waals surface area contributed by atoms with Crippen molar-refractivity contribution in [3.63, 3.8) is 0 Å². The predicted molar refractivity (Wildman–Crippen MR) is 90.9 cm³/mol. The summed E-state index contributed by atoms with van der Waals surface area (Å²) >= 11 is 0. The summed E-state index contributed by atoms with van der Waals surface area (Å²) in [6.07, 6.45) is 4.98. The number of pyridine rings is 1. The van der Waals surface area contributed by atoms with E-state index in [4.69, 9.17) is 4.52 Å². The van der Waals surface area contributed by atoms with Crippen LogP contribution in [-0.2, 0) is 11.2 Å². The minimum Gasteiger partial charge on any atom is -0.339 e. The van der Waals surface area contributed by atoms with Gasteiger partial charge in [0.25, 0.3) is 0 Å². The topological polar surface area (TPSA) is 104 Å². The minimum atomic E-state index is -0.224. The van der Waals surface area contributed by atoms with E-state index < -0.39 is 0 Å². The first-order chi connectivity index (χ1) is 12.6. The normalized spacial score (nSPS) is 18.1. The van der Waals surface area contributed by atoms with E-state index in [2.05, 4.69) is 20.4 Å². The first kappa shape index (κ1) is 16.5. The van der Waals surface area contributed by atoms with E-state index in [1.165, 1.54) is 0 Å². The number of rotatable bonds is 5. The molecule has 4 heterocycles. The summed E-state index contributed by atoms with van der Waals surface area (Å²) < 4.78 is 5.24. The van der Waals surface area contributed by atoms with Crippen molar-refractivity contribution >= 4 is 11.9 Å². The van der Waals surface area contributed by atoms with Crippen molar-refractivity contribution in [1.82, 2.24) is 30.2 Å². The van der Waals surface area contributed by atoms with Crippen LogP contribution in [0.4, 0.5) is 4.79 Å². The molecule has 9 nitrogen and oxygen atoms in total. The number of carbonyl (C=O) groups excluding carboxylic acids is 2. The SMILES string of the molecule is CN1C(=O)NCC12CN(C(=O)CCCc1nc(-c3cccnc3)no1)C2. The molecule has 2 fully saturated rings. The molecule has 0 unspecified atom stereocenters. The molecule has 1 spiro atoms. The summed E-state index contributed by atoms with van der Waals surface area (Å²) in [6.45, 7) is 1.78. The van der Waals surface area contributed by atoms with Crippen molar-refractivity contribution in [3.05, 3.63) is 30.4 Å². The highest BCUT2D eigenvalue weighted by Crippen LogP contribution is 2.30. The molecule has 2 aliphatic heterocycles. The number of carbonyl (C=O) groups is 2. The van der Waals surface area contributed by atoms with E-state index in [0.717, 1.165) is 5.56 Å². The quantitative estimate of drug-likeness (QED) is 0.845. The Hall–Kier alpha value is -2.97. The third-order valence-corrected chi connectivity index (χ3v) is 5.08. The van der Waals surface area contributed by atoms with E-state index in [-0.39, 0.29) is 17.5 Å². The average Bonchev–Trinajstić information content (AvgIpc) is 3.20. The molecule has 0 saturated carbocycles. The lowest BCUT2D eigenvalue weighted by molar-refractivity contribution is -0.142. The van der Waals surface area contributed by atoms with Gasteiger partial charge in [-0.3, -0.25) is 9.78 Å². The summed E-state index contributed by atoms with van der Waals surface area (Å²) in [5.74, 6) is 1.11. The van der Waals surface area contributed by atoms with Crippen molar-refractivity contribution in [2.75, 3.05) is 26.7 Å². The molecule has 0 aliphatic carbocycles. The van der Waals surface area contributed by atoms with Crippen LogP contribution in [0.1, 0.15) is 18.7 Å². The monoisotopic (exact) mass is 356 g/mol. The van der Waals surface area contributed by atoms with Crippen LogP contribution in [-0.4, -0.2) is 69.1 Å². The predicted octanol–water partition coefficient (Wildman–Crippen LogP) is 0.690. The van der Waals surface area contributed by atoms with Crippen LogP contribution < -0.4 is 5.32 Å². The fourth-order valence-corrected chi connectivity index (χ4v) is 3.37. The number of urea groups is 1. The Morgan fingerprint density at radius 3 is 2.96 bits per heavy atom. The maximum atomic E-state index is 12.3. The van der Waals surface area contributed by atoms with Gasteiger partial charge in [-0.15, -0.1) is 0 Å². The lowest BCUT2D eigenvalue weighted by atomic mass is 9.89. The van der Waals surface area contributed by atoms with Gasteiger partial charge in [0.2, 0.25) is 17.6 Å². The van der Waals surface area contributed by atoms with E-state index in [9.17, 15) is 9.59 Å². The van der Waals surface area contributed by atoms with Crippen LogP contribution in [0.5, 0.6) is 0 Å². The number of aromatic nitrogens is 3. The van der Waals surface area contributed by atoms with E-state index >= 15 is 0 Å². The Balaban J connectivity index is 1.24. The first-order valence-electron chi connectivity index (χ1n) is 8.60. The van der Waals surface area contributed by atoms with Crippen molar-refractivity contribution in [3.8, 4) is 11.4 Å². The molecule has 0 atom stereocenters. The molecule has 2 aliphatic rings. The number of nitrogens with one attached hydrogen (secondary N) is 1. The number of hydrogen-bond donors (Lipinski definition) is 1. The van der Waals surface area contributed by atoms with Crippen LogP contribution in [0.3, 0.4) is 0 Å². The molecule has 9 heteroatoms. The van der Waals surface area contributed by atoms with Gasteiger partial charge >= 0.3 is 6.03 Å². The van der Waals surface area contributed by atoms with E-state index in [1.807, 2.05) is 12.1 Å². The van der Waals surface area contributed by atoms with Crippen LogP contribution in [0, 0.1) is 0 Å². The number of aryl methyl sites for hydroxylation is 1. The lowest BCUT2D eigenvalue weighted by Gasteiger charge is -2.50. The van der Waals surface area contributed by atoms with Gasteiger partial charge in [0.15, 0.2) is 0 Å². The Morgan fingerprint density at radius 1 is 1.42 bits per heavy atom. The molecule has 136 valence electrons. The summed E-state index contributed by atoms with van der Waals surface area (Å²) in [5, 5.41) is 6.76. The van der Waals surface area contributed by atoms with E-state index in [0.29, 0.717) is 50.6 Å². The summed E-state index contributed by atoms with van der Waals surface area (Å²) in [5.41, 5.74) is 0.575. The largest absolute Gasteiger partial charge is 0.339 e. The van der Waals surface area contributed by atoms with Crippen molar-refractivity contribution < 1.29 is 14.1 Å². The van der Waals surface area contributed by atoms with Crippen LogP contribution in [0.2, 0.25) is 0 Å². The van der Waals surface area contributed by atoms with Gasteiger partial charge in [-0.05, 0) is 18.6 Å².